The molecule has 0 aromatic rings. The Kier molecular flexibility index (Phi) is 5.70. The third-order valence-electron chi connectivity index (χ3n) is 1.61. The average molecular weight is 207 g/mol. The smallest absolute Gasteiger partial charge is 0.234 e. The van der Waals surface area contributed by atoms with E-state index in [1.165, 1.54) is 0 Å². The summed E-state index contributed by atoms with van der Waals surface area (Å²) in [5.41, 5.74) is 0. The molecule has 0 aliphatic carbocycles. The molecule has 0 saturated heterocycles. The molecule has 0 unspecified atom stereocenters. The number of nitrogens with one attached hydrogen (secondary N) is 1. The van der Waals surface area contributed by atoms with Crippen LogP contribution < -0.4 is 4.72 Å². The van der Waals surface area contributed by atoms with E-state index >= 15 is 0 Å². The Morgan fingerprint density at radius 3 is 2.31 bits per heavy atom. The van der Waals surface area contributed by atoms with Gasteiger partial charge in [0.25, 0.3) is 0 Å². The molecule has 4 nitrogen and oxygen atoms in total. The minimum Gasteiger partial charge on any atom is -0.274 e. The van der Waals surface area contributed by atoms with Crippen LogP contribution in [0, 0.1) is 0 Å². The Hall–Kier alpha value is -0.580. The minimum atomic E-state index is -3.36. The molecule has 0 heterocycles. The molecule has 0 fully saturated rings. The lowest BCUT2D eigenvalue weighted by Gasteiger charge is -2.04. The van der Waals surface area contributed by atoms with Crippen LogP contribution in [0.25, 0.3) is 0 Å². The molecule has 0 aliphatic rings. The number of rotatable bonds is 6. The van der Waals surface area contributed by atoms with Crippen molar-refractivity contribution in [3.8, 4) is 0 Å². The maximum atomic E-state index is 11.1. The molecule has 0 saturated carbocycles. The van der Waals surface area contributed by atoms with E-state index in [9.17, 15) is 13.2 Å². The van der Waals surface area contributed by atoms with Gasteiger partial charge in [0, 0.05) is 6.42 Å². The highest BCUT2D eigenvalue weighted by Gasteiger charge is 2.11. The van der Waals surface area contributed by atoms with Crippen molar-refractivity contribution in [1.82, 2.24) is 4.72 Å². The first-order valence-electron chi connectivity index (χ1n) is 4.55. The molecule has 5 heteroatoms. The van der Waals surface area contributed by atoms with E-state index < -0.39 is 15.9 Å². The molecule has 0 radical (unpaired) electrons. The van der Waals surface area contributed by atoms with Crippen LogP contribution in [0.15, 0.2) is 0 Å². The lowest BCUT2D eigenvalue weighted by molar-refractivity contribution is -0.119. The van der Waals surface area contributed by atoms with E-state index in [2.05, 4.69) is 0 Å². The quantitative estimate of drug-likeness (QED) is 0.662. The van der Waals surface area contributed by atoms with E-state index in [0.717, 1.165) is 12.8 Å². The minimum absolute atomic E-state index is 0.0482. The summed E-state index contributed by atoms with van der Waals surface area (Å²) in [6.45, 7) is 3.62. The van der Waals surface area contributed by atoms with Crippen LogP contribution in [-0.4, -0.2) is 20.1 Å². The van der Waals surface area contributed by atoms with Crippen LogP contribution in [0.5, 0.6) is 0 Å². The highest BCUT2D eigenvalue weighted by atomic mass is 32.2. The maximum Gasteiger partial charge on any atom is 0.234 e. The third kappa shape index (κ3) is 6.57. The Morgan fingerprint density at radius 2 is 1.85 bits per heavy atom. The van der Waals surface area contributed by atoms with Gasteiger partial charge in [0.15, 0.2) is 0 Å². The molecule has 0 atom stereocenters. The summed E-state index contributed by atoms with van der Waals surface area (Å²) in [5.74, 6) is -0.386. The Bertz CT molecular complexity index is 246. The molecular weight excluding hydrogens is 190 g/mol. The summed E-state index contributed by atoms with van der Waals surface area (Å²) in [4.78, 5) is 10.8. The summed E-state index contributed by atoms with van der Waals surface area (Å²) < 4.78 is 24.3. The zero-order valence-electron chi connectivity index (χ0n) is 8.17. The van der Waals surface area contributed by atoms with Gasteiger partial charge in [-0.2, -0.15) is 0 Å². The number of carbonyl (C=O) groups excluding carboxylic acids is 1. The van der Waals surface area contributed by atoms with Crippen molar-refractivity contribution in [2.75, 3.05) is 5.75 Å². The monoisotopic (exact) mass is 207 g/mol. The van der Waals surface area contributed by atoms with Crippen molar-refractivity contribution >= 4 is 15.9 Å². The summed E-state index contributed by atoms with van der Waals surface area (Å²) >= 11 is 0. The fourth-order valence-corrected chi connectivity index (χ4v) is 2.02. The number of amides is 1. The molecule has 1 N–H and O–H groups in total. The van der Waals surface area contributed by atoms with E-state index in [0.29, 0.717) is 6.42 Å². The fraction of sp³-hybridized carbons (Fsp3) is 0.875. The van der Waals surface area contributed by atoms with Gasteiger partial charge in [-0.15, -0.1) is 0 Å². The van der Waals surface area contributed by atoms with E-state index in [1.807, 2.05) is 11.6 Å². The summed E-state index contributed by atoms with van der Waals surface area (Å²) in [5, 5.41) is 0. The largest absolute Gasteiger partial charge is 0.274 e. The number of sulfonamides is 1. The van der Waals surface area contributed by atoms with Crippen LogP contribution in [-0.2, 0) is 14.8 Å². The van der Waals surface area contributed by atoms with Crippen molar-refractivity contribution in [3.05, 3.63) is 0 Å². The van der Waals surface area contributed by atoms with Gasteiger partial charge in [-0.1, -0.05) is 26.7 Å². The standard InChI is InChI=1S/C8H17NO3S/c1-3-5-6-7-13(11,12)9-8(10)4-2/h3-7H2,1-2H3,(H,9,10). The lowest BCUT2D eigenvalue weighted by atomic mass is 10.3. The van der Waals surface area contributed by atoms with Gasteiger partial charge in [0.1, 0.15) is 0 Å². The molecule has 13 heavy (non-hydrogen) atoms. The molecule has 0 rings (SSSR count). The summed E-state index contributed by atoms with van der Waals surface area (Å²) in [6.07, 6.45) is 2.66. The van der Waals surface area contributed by atoms with E-state index in [-0.39, 0.29) is 12.2 Å². The van der Waals surface area contributed by atoms with Crippen molar-refractivity contribution in [2.24, 2.45) is 0 Å². The average Bonchev–Trinajstić information content (AvgIpc) is 2.03. The van der Waals surface area contributed by atoms with Crippen molar-refractivity contribution in [2.45, 2.75) is 39.5 Å². The molecule has 1 amide bonds. The molecule has 0 aliphatic heterocycles. The predicted molar refractivity (Wildman–Crippen MR) is 51.7 cm³/mol. The zero-order valence-corrected chi connectivity index (χ0v) is 8.99. The van der Waals surface area contributed by atoms with Crippen LogP contribution in [0.3, 0.4) is 0 Å². The molecule has 0 bridgehead atoms. The molecular formula is C8H17NO3S. The maximum absolute atomic E-state index is 11.1. The van der Waals surface area contributed by atoms with Gasteiger partial charge in [-0.25, -0.2) is 8.42 Å². The lowest BCUT2D eigenvalue weighted by Crippen LogP contribution is -2.31. The van der Waals surface area contributed by atoms with Gasteiger partial charge in [0.2, 0.25) is 15.9 Å². The number of hydrogen-bond donors (Lipinski definition) is 1. The summed E-state index contributed by atoms with van der Waals surface area (Å²) in [6, 6.07) is 0. The van der Waals surface area contributed by atoms with Gasteiger partial charge < -0.3 is 0 Å². The summed E-state index contributed by atoms with van der Waals surface area (Å²) in [7, 11) is -3.36. The van der Waals surface area contributed by atoms with Gasteiger partial charge in [-0.3, -0.25) is 9.52 Å². The van der Waals surface area contributed by atoms with Gasteiger partial charge >= 0.3 is 0 Å². The van der Waals surface area contributed by atoms with Crippen molar-refractivity contribution < 1.29 is 13.2 Å². The van der Waals surface area contributed by atoms with E-state index in [1.54, 1.807) is 6.92 Å². The van der Waals surface area contributed by atoms with Gasteiger partial charge in [0.05, 0.1) is 5.75 Å². The number of unbranched alkanes of at least 4 members (excludes halogenated alkanes) is 2. The Labute approximate surface area is 79.8 Å². The zero-order chi connectivity index (χ0) is 10.3. The van der Waals surface area contributed by atoms with E-state index in [4.69, 9.17) is 0 Å². The van der Waals surface area contributed by atoms with Crippen LogP contribution in [0.1, 0.15) is 39.5 Å². The second-order valence-corrected chi connectivity index (χ2v) is 4.75. The molecule has 0 aromatic carbocycles. The molecule has 78 valence electrons. The first-order valence-corrected chi connectivity index (χ1v) is 6.20. The predicted octanol–water partition coefficient (Wildman–Crippen LogP) is 1.03. The van der Waals surface area contributed by atoms with Crippen LogP contribution in [0.4, 0.5) is 0 Å². The Balaban J connectivity index is 3.88. The fourth-order valence-electron chi connectivity index (χ4n) is 0.839. The first kappa shape index (κ1) is 12.4. The second-order valence-electron chi connectivity index (χ2n) is 2.90. The second kappa shape index (κ2) is 5.96. The van der Waals surface area contributed by atoms with Gasteiger partial charge in [-0.05, 0) is 6.42 Å². The molecule has 0 aromatic heterocycles. The SMILES string of the molecule is CCCCCS(=O)(=O)NC(=O)CC. The van der Waals surface area contributed by atoms with Crippen molar-refractivity contribution in [3.63, 3.8) is 0 Å². The van der Waals surface area contributed by atoms with Crippen molar-refractivity contribution in [1.29, 1.82) is 0 Å². The number of hydrogen-bond acceptors (Lipinski definition) is 3. The topological polar surface area (TPSA) is 63.2 Å². The first-order chi connectivity index (χ1) is 6.02. The highest BCUT2D eigenvalue weighted by Crippen LogP contribution is 1.97. The number of carbonyl (C=O) groups is 1. The Morgan fingerprint density at radius 1 is 1.23 bits per heavy atom. The third-order valence-corrected chi connectivity index (χ3v) is 2.97. The normalized spacial score (nSPS) is 11.2. The van der Waals surface area contributed by atoms with Crippen LogP contribution in [0.2, 0.25) is 0 Å². The molecule has 0 spiro atoms. The highest BCUT2D eigenvalue weighted by molar-refractivity contribution is 7.90. The van der Waals surface area contributed by atoms with Crippen LogP contribution >= 0.6 is 0 Å².